The first-order chi connectivity index (χ1) is 6.79. The van der Waals surface area contributed by atoms with Crippen LogP contribution < -0.4 is 0 Å². The van der Waals surface area contributed by atoms with Crippen LogP contribution in [-0.4, -0.2) is 15.7 Å². The van der Waals surface area contributed by atoms with Gasteiger partial charge >= 0.3 is 5.51 Å². The summed E-state index contributed by atoms with van der Waals surface area (Å²) in [6, 6.07) is 4.90. The van der Waals surface area contributed by atoms with Gasteiger partial charge in [0.1, 0.15) is 5.05 Å². The Labute approximate surface area is 89.5 Å². The number of thiol groups is 1. The molecule has 0 aliphatic heterocycles. The number of hydrogen-bond acceptors (Lipinski definition) is 0. The van der Waals surface area contributed by atoms with Crippen LogP contribution in [0.3, 0.4) is 0 Å². The molecule has 0 spiro atoms. The Hall–Kier alpha value is -0.810. The van der Waals surface area contributed by atoms with E-state index in [9.17, 15) is 18.3 Å². The molecule has 0 bridgehead atoms. The minimum Gasteiger partial charge on any atom is -0.355 e. The van der Waals surface area contributed by atoms with Crippen molar-refractivity contribution in [3.63, 3.8) is 0 Å². The van der Waals surface area contributed by atoms with Crippen molar-refractivity contribution in [3.8, 4) is 0 Å². The highest BCUT2D eigenvalue weighted by Gasteiger charge is 2.24. The lowest BCUT2D eigenvalue weighted by atomic mass is 10.1. The Morgan fingerprint density at radius 1 is 1.27 bits per heavy atom. The number of alkyl halides is 3. The largest absolute Gasteiger partial charge is 0.436 e. The Morgan fingerprint density at radius 3 is 2.33 bits per heavy atom. The average molecular weight is 236 g/mol. The van der Waals surface area contributed by atoms with Gasteiger partial charge in [0.05, 0.1) is 0 Å². The number of aryl methyl sites for hydroxylation is 2. The van der Waals surface area contributed by atoms with Gasteiger partial charge in [-0.3, -0.25) is 0 Å². The quantitative estimate of drug-likeness (QED) is 0.566. The first kappa shape index (κ1) is 12.3. The first-order valence-electron chi connectivity index (χ1n) is 4.23. The molecule has 0 atom stereocenters. The van der Waals surface area contributed by atoms with E-state index in [4.69, 9.17) is 0 Å². The molecule has 0 unspecified atom stereocenters. The summed E-state index contributed by atoms with van der Waals surface area (Å²) in [5.74, 6) is 0. The molecule has 0 heterocycles. The molecule has 0 fully saturated rings. The third-order valence-electron chi connectivity index (χ3n) is 1.86. The normalized spacial score (nSPS) is 13.6. The molecule has 0 saturated carbocycles. The number of benzene rings is 1. The van der Waals surface area contributed by atoms with Crippen LogP contribution in [0.25, 0.3) is 0 Å². The van der Waals surface area contributed by atoms with Crippen LogP contribution in [0, 0.1) is 13.8 Å². The second kappa shape index (κ2) is 4.37. The minimum absolute atomic E-state index is 0.250. The van der Waals surface area contributed by atoms with Crippen molar-refractivity contribution >= 4 is 16.4 Å². The van der Waals surface area contributed by atoms with Crippen molar-refractivity contribution < 1.29 is 18.3 Å². The maximum Gasteiger partial charge on any atom is 0.436 e. The van der Waals surface area contributed by atoms with E-state index in [1.807, 2.05) is 6.92 Å². The van der Waals surface area contributed by atoms with Gasteiger partial charge in [-0.15, -0.1) is 0 Å². The van der Waals surface area contributed by atoms with Crippen molar-refractivity contribution in [2.45, 2.75) is 19.4 Å². The second-order valence-electron chi connectivity index (χ2n) is 3.22. The molecule has 84 valence electrons. The fraction of sp³-hybridized carbons (Fsp3) is 0.300. The van der Waals surface area contributed by atoms with Gasteiger partial charge in [0, 0.05) is 5.56 Å². The maximum absolute atomic E-state index is 12.0. The molecule has 0 amide bonds. The zero-order valence-electron chi connectivity index (χ0n) is 8.26. The summed E-state index contributed by atoms with van der Waals surface area (Å²) < 4.78 is 36.0. The topological polar surface area (TPSA) is 20.2 Å². The monoisotopic (exact) mass is 236 g/mol. The highest BCUT2D eigenvalue weighted by Crippen LogP contribution is 2.26. The predicted octanol–water partition coefficient (Wildman–Crippen LogP) is 3.32. The third kappa shape index (κ3) is 3.68. The molecule has 5 heteroatoms. The van der Waals surface area contributed by atoms with E-state index >= 15 is 0 Å². The zero-order valence-corrected chi connectivity index (χ0v) is 9.15. The van der Waals surface area contributed by atoms with Gasteiger partial charge in [-0.1, -0.05) is 35.1 Å². The fourth-order valence-electron chi connectivity index (χ4n) is 1.24. The molecule has 0 aliphatic rings. The van der Waals surface area contributed by atoms with Crippen molar-refractivity contribution in [1.29, 1.82) is 0 Å². The van der Waals surface area contributed by atoms with Gasteiger partial charge in [0.15, 0.2) is 0 Å². The summed E-state index contributed by atoms with van der Waals surface area (Å²) in [4.78, 5) is 0. The summed E-state index contributed by atoms with van der Waals surface area (Å²) in [6.07, 6.45) is 0. The number of aliphatic hydroxyl groups is 1. The van der Waals surface area contributed by atoms with E-state index in [0.717, 1.165) is 5.56 Å². The Bertz CT molecular complexity index is 396. The van der Waals surface area contributed by atoms with Gasteiger partial charge in [0.2, 0.25) is 0 Å². The van der Waals surface area contributed by atoms with Crippen molar-refractivity contribution in [1.82, 2.24) is 0 Å². The second-order valence-corrected chi connectivity index (χ2v) is 4.38. The standard InChI is InChI=1S/C10H11F3OS/c1-6-3-4-8(7(2)5-6)9(14)15-10(11,12)13/h3-5,14-15H,1-2H3. The van der Waals surface area contributed by atoms with Crippen LogP contribution in [0.1, 0.15) is 16.7 Å². The number of hydrogen-bond donors (Lipinski definition) is 2. The van der Waals surface area contributed by atoms with E-state index in [2.05, 4.69) is 0 Å². The molecule has 0 radical (unpaired) electrons. The van der Waals surface area contributed by atoms with Crippen LogP contribution in [0.15, 0.2) is 18.2 Å². The lowest BCUT2D eigenvalue weighted by Crippen LogP contribution is -2.06. The lowest BCUT2D eigenvalue weighted by Gasteiger charge is -2.07. The van der Waals surface area contributed by atoms with Gasteiger partial charge in [-0.2, -0.15) is 13.2 Å². The maximum atomic E-state index is 12.0. The summed E-state index contributed by atoms with van der Waals surface area (Å²) in [7, 11) is 0. The van der Waals surface area contributed by atoms with Crippen LogP contribution in [-0.2, 0) is 0 Å². The average Bonchev–Trinajstić information content (AvgIpc) is 1.99. The molecular formula is C10H11F3OS. The van der Waals surface area contributed by atoms with E-state index < -0.39 is 21.9 Å². The Morgan fingerprint density at radius 2 is 1.87 bits per heavy atom. The molecule has 1 nitrogen and oxygen atoms in total. The number of halogens is 3. The summed E-state index contributed by atoms with van der Waals surface area (Å²) in [5, 5.41) is 8.66. The van der Waals surface area contributed by atoms with Gasteiger partial charge < -0.3 is 5.11 Å². The van der Waals surface area contributed by atoms with Crippen LogP contribution in [0.5, 0.6) is 0 Å². The third-order valence-corrected chi connectivity index (χ3v) is 2.56. The molecule has 15 heavy (non-hydrogen) atoms. The van der Waals surface area contributed by atoms with Crippen LogP contribution in [0.2, 0.25) is 0 Å². The minimum atomic E-state index is -4.40. The highest BCUT2D eigenvalue weighted by atomic mass is 32.1. The molecule has 1 N–H and O–H groups in total. The summed E-state index contributed by atoms with van der Waals surface area (Å²) in [5.41, 5.74) is -2.56. The van der Waals surface area contributed by atoms with Crippen molar-refractivity contribution in [3.05, 3.63) is 34.9 Å². The van der Waals surface area contributed by atoms with E-state index in [0.29, 0.717) is 5.56 Å². The summed E-state index contributed by atoms with van der Waals surface area (Å²) in [6.45, 7) is 3.51. The van der Waals surface area contributed by atoms with Crippen LogP contribution >= 0.6 is 11.4 Å². The Balaban J connectivity index is 3.12. The molecule has 1 aromatic rings. The van der Waals surface area contributed by atoms with Gasteiger partial charge in [-0.05, 0) is 19.4 Å². The van der Waals surface area contributed by atoms with Crippen molar-refractivity contribution in [2.75, 3.05) is 0 Å². The predicted molar refractivity (Wildman–Crippen MR) is 57.7 cm³/mol. The first-order valence-corrected chi connectivity index (χ1v) is 5.12. The van der Waals surface area contributed by atoms with E-state index in [1.54, 1.807) is 19.1 Å². The Kier molecular flexibility index (Phi) is 3.57. The van der Waals surface area contributed by atoms with Crippen molar-refractivity contribution in [2.24, 2.45) is 0 Å². The molecule has 0 aliphatic carbocycles. The van der Waals surface area contributed by atoms with E-state index in [-0.39, 0.29) is 5.56 Å². The fourth-order valence-corrected chi connectivity index (χ4v) is 1.86. The number of aliphatic hydroxyl groups excluding tert-OH is 1. The van der Waals surface area contributed by atoms with E-state index in [1.165, 1.54) is 6.07 Å². The molecule has 0 aromatic heterocycles. The molecule has 1 aromatic carbocycles. The molecule has 0 saturated heterocycles. The van der Waals surface area contributed by atoms with Gasteiger partial charge in [-0.25, -0.2) is 0 Å². The highest BCUT2D eigenvalue weighted by molar-refractivity contribution is 7.99. The SMILES string of the molecule is Cc1ccc(C(O)=[SH]C(F)(F)F)c(C)c1. The van der Waals surface area contributed by atoms with Crippen LogP contribution in [0.4, 0.5) is 13.2 Å². The molecule has 1 rings (SSSR count). The number of rotatable bonds is 1. The zero-order chi connectivity index (χ0) is 11.6. The summed E-state index contributed by atoms with van der Waals surface area (Å²) >= 11 is -1.02. The lowest BCUT2D eigenvalue weighted by molar-refractivity contribution is -0.0311. The smallest absolute Gasteiger partial charge is 0.355 e. The molecular weight excluding hydrogens is 225 g/mol. The van der Waals surface area contributed by atoms with Gasteiger partial charge in [0.25, 0.3) is 0 Å².